The maximum absolute atomic E-state index is 12.4. The highest BCUT2D eigenvalue weighted by molar-refractivity contribution is 9.10. The van der Waals surface area contributed by atoms with Gasteiger partial charge in [-0.15, -0.1) is 0 Å². The molecule has 2 aromatic carbocycles. The van der Waals surface area contributed by atoms with Gasteiger partial charge in [0.2, 0.25) is 0 Å². The van der Waals surface area contributed by atoms with Crippen LogP contribution in [0.5, 0.6) is 5.75 Å². The summed E-state index contributed by atoms with van der Waals surface area (Å²) in [7, 11) is 0. The van der Waals surface area contributed by atoms with Crippen LogP contribution in [0.3, 0.4) is 0 Å². The maximum Gasteiger partial charge on any atom is 0.338 e. The number of anilines is 1. The van der Waals surface area contributed by atoms with Crippen molar-refractivity contribution in [2.75, 3.05) is 11.9 Å². The molecule has 0 atom stereocenters. The topological polar surface area (TPSA) is 76.7 Å². The summed E-state index contributed by atoms with van der Waals surface area (Å²) >= 11 is 8.63. The lowest BCUT2D eigenvalue weighted by atomic mass is 9.98. The number of benzene rings is 2. The number of thiocarbonyl (C=S) groups is 1. The van der Waals surface area contributed by atoms with E-state index in [2.05, 4.69) is 26.6 Å². The van der Waals surface area contributed by atoms with Crippen LogP contribution in [0.4, 0.5) is 5.69 Å². The van der Waals surface area contributed by atoms with E-state index in [1.807, 2.05) is 6.92 Å². The molecule has 3 rings (SSSR count). The average molecular weight is 505 g/mol. The van der Waals surface area contributed by atoms with Gasteiger partial charge < -0.3 is 14.8 Å². The molecule has 8 heteroatoms. The monoisotopic (exact) mass is 504 g/mol. The van der Waals surface area contributed by atoms with E-state index in [0.717, 1.165) is 25.7 Å². The highest BCUT2D eigenvalue weighted by Gasteiger charge is 2.18. The molecular weight excluding hydrogens is 480 g/mol. The second kappa shape index (κ2) is 11.2. The van der Waals surface area contributed by atoms with Crippen molar-refractivity contribution in [3.05, 3.63) is 58.1 Å². The molecule has 0 bridgehead atoms. The Labute approximate surface area is 195 Å². The SMILES string of the molecule is CCOc1ccc(C(=O)NC(=S)Nc2ccc(C(=O)OC3CCCCC3)cc2)cc1Br. The number of rotatable bonds is 6. The summed E-state index contributed by atoms with van der Waals surface area (Å²) in [6, 6.07) is 11.9. The Morgan fingerprint density at radius 3 is 2.39 bits per heavy atom. The lowest BCUT2D eigenvalue weighted by Gasteiger charge is -2.21. The third kappa shape index (κ3) is 6.77. The Hall–Kier alpha value is -2.45. The van der Waals surface area contributed by atoms with Gasteiger partial charge in [0.05, 0.1) is 16.6 Å². The second-order valence-electron chi connectivity index (χ2n) is 7.23. The van der Waals surface area contributed by atoms with E-state index in [0.29, 0.717) is 33.6 Å². The smallest absolute Gasteiger partial charge is 0.338 e. The van der Waals surface area contributed by atoms with Crippen LogP contribution in [0.15, 0.2) is 46.9 Å². The van der Waals surface area contributed by atoms with Gasteiger partial charge in [0.15, 0.2) is 5.11 Å². The number of halogens is 1. The molecule has 0 heterocycles. The Bertz CT molecular complexity index is 943. The zero-order chi connectivity index (χ0) is 22.2. The van der Waals surface area contributed by atoms with Gasteiger partial charge in [-0.1, -0.05) is 6.42 Å². The fourth-order valence-electron chi connectivity index (χ4n) is 3.34. The van der Waals surface area contributed by atoms with Gasteiger partial charge in [0, 0.05) is 11.3 Å². The van der Waals surface area contributed by atoms with E-state index < -0.39 is 0 Å². The number of ether oxygens (including phenoxy) is 2. The molecule has 6 nitrogen and oxygen atoms in total. The van der Waals surface area contributed by atoms with Gasteiger partial charge in [-0.05, 0) is 103 Å². The van der Waals surface area contributed by atoms with Gasteiger partial charge in [-0.3, -0.25) is 10.1 Å². The van der Waals surface area contributed by atoms with E-state index >= 15 is 0 Å². The van der Waals surface area contributed by atoms with Crippen LogP contribution in [0.25, 0.3) is 0 Å². The minimum absolute atomic E-state index is 0.0180. The third-order valence-electron chi connectivity index (χ3n) is 4.93. The van der Waals surface area contributed by atoms with E-state index in [9.17, 15) is 9.59 Å². The summed E-state index contributed by atoms with van der Waals surface area (Å²) in [5, 5.41) is 5.75. The first-order chi connectivity index (χ1) is 15.0. The summed E-state index contributed by atoms with van der Waals surface area (Å²) in [6.07, 6.45) is 5.31. The van der Waals surface area contributed by atoms with Crippen LogP contribution in [-0.2, 0) is 4.74 Å². The number of nitrogens with one attached hydrogen (secondary N) is 2. The summed E-state index contributed by atoms with van der Waals surface area (Å²) in [4.78, 5) is 24.7. The quantitative estimate of drug-likeness (QED) is 0.401. The lowest BCUT2D eigenvalue weighted by molar-refractivity contribution is 0.0211. The zero-order valence-corrected chi connectivity index (χ0v) is 19.7. The average Bonchev–Trinajstić information content (AvgIpc) is 2.76. The van der Waals surface area contributed by atoms with E-state index in [1.165, 1.54) is 6.42 Å². The molecule has 0 spiro atoms. The summed E-state index contributed by atoms with van der Waals surface area (Å²) < 4.78 is 11.7. The van der Waals surface area contributed by atoms with Gasteiger partial charge >= 0.3 is 5.97 Å². The highest BCUT2D eigenvalue weighted by atomic mass is 79.9. The molecular formula is C23H25BrN2O4S. The minimum atomic E-state index is -0.339. The number of hydrogen-bond donors (Lipinski definition) is 2. The molecule has 0 aromatic heterocycles. The van der Waals surface area contributed by atoms with Gasteiger partial charge in [-0.2, -0.15) is 0 Å². The minimum Gasteiger partial charge on any atom is -0.493 e. The second-order valence-corrected chi connectivity index (χ2v) is 8.49. The molecule has 2 aromatic rings. The first kappa shape index (κ1) is 23.2. The van der Waals surface area contributed by atoms with Crippen molar-refractivity contribution >= 4 is 50.8 Å². The van der Waals surface area contributed by atoms with Crippen molar-refractivity contribution in [1.82, 2.24) is 5.32 Å². The zero-order valence-electron chi connectivity index (χ0n) is 17.3. The van der Waals surface area contributed by atoms with Crippen LogP contribution < -0.4 is 15.4 Å². The predicted molar refractivity (Wildman–Crippen MR) is 128 cm³/mol. The molecule has 0 unspecified atom stereocenters. The number of hydrogen-bond acceptors (Lipinski definition) is 5. The summed E-state index contributed by atoms with van der Waals surface area (Å²) in [5.74, 6) is 0.0196. The van der Waals surface area contributed by atoms with Crippen LogP contribution in [-0.4, -0.2) is 29.7 Å². The summed E-state index contributed by atoms with van der Waals surface area (Å²) in [6.45, 7) is 2.43. The van der Waals surface area contributed by atoms with Crippen LogP contribution in [0.1, 0.15) is 59.7 Å². The fourth-order valence-corrected chi connectivity index (χ4v) is 4.05. The highest BCUT2D eigenvalue weighted by Crippen LogP contribution is 2.26. The molecule has 2 N–H and O–H groups in total. The van der Waals surface area contributed by atoms with Crippen molar-refractivity contribution in [1.29, 1.82) is 0 Å². The van der Waals surface area contributed by atoms with Crippen molar-refractivity contribution in [3.63, 3.8) is 0 Å². The first-order valence-corrected chi connectivity index (χ1v) is 11.5. The molecule has 1 amide bonds. The van der Waals surface area contributed by atoms with E-state index in [-0.39, 0.29) is 23.1 Å². The molecule has 1 fully saturated rings. The van der Waals surface area contributed by atoms with Crippen molar-refractivity contribution in [2.24, 2.45) is 0 Å². The van der Waals surface area contributed by atoms with Crippen LogP contribution >= 0.6 is 28.1 Å². The van der Waals surface area contributed by atoms with Gasteiger partial charge in [0.1, 0.15) is 11.9 Å². The number of esters is 1. The molecule has 31 heavy (non-hydrogen) atoms. The Morgan fingerprint density at radius 1 is 1.06 bits per heavy atom. The molecule has 0 aliphatic heterocycles. The van der Waals surface area contributed by atoms with Crippen LogP contribution in [0.2, 0.25) is 0 Å². The van der Waals surface area contributed by atoms with Crippen molar-refractivity contribution in [3.8, 4) is 5.75 Å². The summed E-state index contributed by atoms with van der Waals surface area (Å²) in [5.41, 5.74) is 1.60. The lowest BCUT2D eigenvalue weighted by Crippen LogP contribution is -2.34. The predicted octanol–water partition coefficient (Wildman–Crippen LogP) is 5.46. The third-order valence-corrected chi connectivity index (χ3v) is 5.75. The Balaban J connectivity index is 1.52. The van der Waals surface area contributed by atoms with E-state index in [4.69, 9.17) is 21.7 Å². The Kier molecular flexibility index (Phi) is 8.43. The van der Waals surface area contributed by atoms with Gasteiger partial charge in [-0.25, -0.2) is 4.79 Å². The normalized spacial score (nSPS) is 13.9. The fraction of sp³-hybridized carbons (Fsp3) is 0.348. The number of carbonyl (C=O) groups excluding carboxylic acids is 2. The van der Waals surface area contributed by atoms with E-state index in [1.54, 1.807) is 42.5 Å². The van der Waals surface area contributed by atoms with Crippen LogP contribution in [0, 0.1) is 0 Å². The van der Waals surface area contributed by atoms with Crippen molar-refractivity contribution < 1.29 is 19.1 Å². The standard InChI is InChI=1S/C23H25BrN2O4S/c1-2-29-20-13-10-16(14-19(20)24)21(27)26-23(31)25-17-11-8-15(9-12-17)22(28)30-18-6-4-3-5-7-18/h8-14,18H,2-7H2,1H3,(H2,25,26,27,31). The number of amides is 1. The molecule has 0 saturated heterocycles. The molecule has 1 aliphatic rings. The first-order valence-electron chi connectivity index (χ1n) is 10.3. The molecule has 0 radical (unpaired) electrons. The van der Waals surface area contributed by atoms with Gasteiger partial charge in [0.25, 0.3) is 5.91 Å². The molecule has 1 aliphatic carbocycles. The Morgan fingerprint density at radius 2 is 1.74 bits per heavy atom. The maximum atomic E-state index is 12.4. The molecule has 164 valence electrons. The number of carbonyl (C=O) groups is 2. The largest absolute Gasteiger partial charge is 0.493 e. The van der Waals surface area contributed by atoms with Crippen molar-refractivity contribution in [2.45, 2.75) is 45.1 Å². The molecule has 1 saturated carbocycles.